The van der Waals surface area contributed by atoms with Crippen LogP contribution in [0.2, 0.25) is 0 Å². The van der Waals surface area contributed by atoms with E-state index >= 15 is 0 Å². The maximum absolute atomic E-state index is 12.9. The standard InChI is InChI=1S/C12H10FNO/c13-11-3-4-12(10(6-11)8-15)9-2-1-5-14-7-9/h1-7,15H,8H2. The molecule has 1 heterocycles. The van der Waals surface area contributed by atoms with Crippen molar-refractivity contribution in [3.63, 3.8) is 0 Å². The summed E-state index contributed by atoms with van der Waals surface area (Å²) in [5, 5.41) is 9.12. The van der Waals surface area contributed by atoms with Crippen molar-refractivity contribution in [1.29, 1.82) is 0 Å². The fourth-order valence-electron chi connectivity index (χ4n) is 1.50. The van der Waals surface area contributed by atoms with E-state index in [0.717, 1.165) is 11.1 Å². The van der Waals surface area contributed by atoms with Gasteiger partial charge in [-0.25, -0.2) is 4.39 Å². The molecule has 0 aliphatic carbocycles. The first-order valence-corrected chi connectivity index (χ1v) is 4.61. The third kappa shape index (κ3) is 2.02. The molecule has 0 unspecified atom stereocenters. The van der Waals surface area contributed by atoms with E-state index in [1.54, 1.807) is 24.5 Å². The lowest BCUT2D eigenvalue weighted by Gasteiger charge is -2.06. The first-order chi connectivity index (χ1) is 7.31. The van der Waals surface area contributed by atoms with Crippen molar-refractivity contribution in [2.24, 2.45) is 0 Å². The maximum Gasteiger partial charge on any atom is 0.123 e. The summed E-state index contributed by atoms with van der Waals surface area (Å²) in [6, 6.07) is 8.04. The van der Waals surface area contributed by atoms with E-state index in [-0.39, 0.29) is 12.4 Å². The lowest BCUT2D eigenvalue weighted by atomic mass is 10.0. The second-order valence-electron chi connectivity index (χ2n) is 3.20. The molecule has 3 heteroatoms. The number of hydrogen-bond acceptors (Lipinski definition) is 2. The monoisotopic (exact) mass is 203 g/mol. The summed E-state index contributed by atoms with van der Waals surface area (Å²) in [5.74, 6) is -0.341. The van der Waals surface area contributed by atoms with Crippen molar-refractivity contribution in [3.05, 3.63) is 54.1 Å². The number of hydrogen-bond donors (Lipinski definition) is 1. The molecule has 0 atom stereocenters. The molecule has 76 valence electrons. The number of aliphatic hydroxyl groups excluding tert-OH is 1. The summed E-state index contributed by atoms with van der Waals surface area (Å²) < 4.78 is 12.9. The summed E-state index contributed by atoms with van der Waals surface area (Å²) in [6.07, 6.45) is 3.36. The van der Waals surface area contributed by atoms with Crippen LogP contribution in [0, 0.1) is 5.82 Å². The first kappa shape index (κ1) is 9.80. The van der Waals surface area contributed by atoms with Crippen LogP contribution in [-0.2, 0) is 6.61 Å². The maximum atomic E-state index is 12.9. The predicted octanol–water partition coefficient (Wildman–Crippen LogP) is 2.38. The van der Waals surface area contributed by atoms with Crippen LogP contribution in [-0.4, -0.2) is 10.1 Å². The Morgan fingerprint density at radius 2 is 2.13 bits per heavy atom. The quantitative estimate of drug-likeness (QED) is 0.812. The van der Waals surface area contributed by atoms with Gasteiger partial charge < -0.3 is 5.11 Å². The molecule has 2 aromatic rings. The Labute approximate surface area is 87.0 Å². The van der Waals surface area contributed by atoms with Crippen molar-refractivity contribution in [3.8, 4) is 11.1 Å². The van der Waals surface area contributed by atoms with Crippen LogP contribution in [0.3, 0.4) is 0 Å². The SMILES string of the molecule is OCc1cc(F)ccc1-c1cccnc1. The van der Waals surface area contributed by atoms with Crippen molar-refractivity contribution < 1.29 is 9.50 Å². The van der Waals surface area contributed by atoms with Gasteiger partial charge in [0.2, 0.25) is 0 Å². The largest absolute Gasteiger partial charge is 0.392 e. The number of rotatable bonds is 2. The van der Waals surface area contributed by atoms with E-state index in [1.807, 2.05) is 6.07 Å². The minimum absolute atomic E-state index is 0.179. The molecule has 1 aromatic heterocycles. The number of halogens is 1. The minimum atomic E-state index is -0.341. The number of pyridine rings is 1. The molecule has 0 saturated carbocycles. The minimum Gasteiger partial charge on any atom is -0.392 e. The van der Waals surface area contributed by atoms with Crippen LogP contribution in [0.15, 0.2) is 42.7 Å². The Balaban J connectivity index is 2.53. The first-order valence-electron chi connectivity index (χ1n) is 4.61. The molecule has 0 radical (unpaired) electrons. The van der Waals surface area contributed by atoms with Gasteiger partial charge >= 0.3 is 0 Å². The summed E-state index contributed by atoms with van der Waals surface area (Å²) in [4.78, 5) is 3.98. The highest BCUT2D eigenvalue weighted by Crippen LogP contribution is 2.23. The molecule has 15 heavy (non-hydrogen) atoms. The number of aromatic nitrogens is 1. The second kappa shape index (κ2) is 4.19. The topological polar surface area (TPSA) is 33.1 Å². The van der Waals surface area contributed by atoms with E-state index in [9.17, 15) is 4.39 Å². The van der Waals surface area contributed by atoms with Gasteiger partial charge in [0.1, 0.15) is 5.82 Å². The predicted molar refractivity (Wildman–Crippen MR) is 55.6 cm³/mol. The van der Waals surface area contributed by atoms with Gasteiger partial charge in [0.05, 0.1) is 6.61 Å². The number of nitrogens with zero attached hydrogens (tertiary/aromatic N) is 1. The summed E-state index contributed by atoms with van der Waals surface area (Å²) in [7, 11) is 0. The zero-order valence-electron chi connectivity index (χ0n) is 8.02. The van der Waals surface area contributed by atoms with E-state index < -0.39 is 0 Å². The van der Waals surface area contributed by atoms with Gasteiger partial charge in [-0.3, -0.25) is 4.98 Å². The fraction of sp³-hybridized carbons (Fsp3) is 0.0833. The van der Waals surface area contributed by atoms with Gasteiger partial charge in [0.15, 0.2) is 0 Å². The molecule has 0 bridgehead atoms. The number of aliphatic hydroxyl groups is 1. The lowest BCUT2D eigenvalue weighted by Crippen LogP contribution is -1.91. The molecule has 1 N–H and O–H groups in total. The summed E-state index contributed by atoms with van der Waals surface area (Å²) in [5.41, 5.74) is 2.26. The van der Waals surface area contributed by atoms with Crippen molar-refractivity contribution in [2.75, 3.05) is 0 Å². The van der Waals surface area contributed by atoms with Gasteiger partial charge in [-0.15, -0.1) is 0 Å². The van der Waals surface area contributed by atoms with E-state index in [1.165, 1.54) is 12.1 Å². The summed E-state index contributed by atoms with van der Waals surface area (Å²) >= 11 is 0. The molecule has 0 fully saturated rings. The molecular formula is C12H10FNO. The van der Waals surface area contributed by atoms with Gasteiger partial charge in [-0.05, 0) is 29.3 Å². The fourth-order valence-corrected chi connectivity index (χ4v) is 1.50. The van der Waals surface area contributed by atoms with E-state index in [4.69, 9.17) is 5.11 Å². The zero-order chi connectivity index (χ0) is 10.7. The zero-order valence-corrected chi connectivity index (χ0v) is 8.02. The van der Waals surface area contributed by atoms with Gasteiger partial charge in [0.25, 0.3) is 0 Å². The van der Waals surface area contributed by atoms with Crippen LogP contribution in [0.1, 0.15) is 5.56 Å². The van der Waals surface area contributed by atoms with Crippen molar-refractivity contribution in [2.45, 2.75) is 6.61 Å². The molecule has 0 spiro atoms. The third-order valence-corrected chi connectivity index (χ3v) is 2.21. The third-order valence-electron chi connectivity index (χ3n) is 2.21. The Bertz CT molecular complexity index is 456. The molecular weight excluding hydrogens is 193 g/mol. The van der Waals surface area contributed by atoms with E-state index in [2.05, 4.69) is 4.98 Å². The molecule has 0 saturated heterocycles. The van der Waals surface area contributed by atoms with E-state index in [0.29, 0.717) is 5.56 Å². The highest BCUT2D eigenvalue weighted by Gasteiger charge is 2.05. The molecule has 0 aliphatic rings. The molecule has 1 aromatic carbocycles. The van der Waals surface area contributed by atoms with Crippen molar-refractivity contribution in [1.82, 2.24) is 4.98 Å². The lowest BCUT2D eigenvalue weighted by molar-refractivity contribution is 0.282. The average molecular weight is 203 g/mol. The Morgan fingerprint density at radius 3 is 2.80 bits per heavy atom. The normalized spacial score (nSPS) is 10.3. The average Bonchev–Trinajstić information content (AvgIpc) is 2.30. The van der Waals surface area contributed by atoms with Crippen LogP contribution >= 0.6 is 0 Å². The Morgan fingerprint density at radius 1 is 1.27 bits per heavy atom. The smallest absolute Gasteiger partial charge is 0.123 e. The highest BCUT2D eigenvalue weighted by molar-refractivity contribution is 5.66. The second-order valence-corrected chi connectivity index (χ2v) is 3.20. The van der Waals surface area contributed by atoms with Crippen molar-refractivity contribution >= 4 is 0 Å². The molecule has 2 nitrogen and oxygen atoms in total. The molecule has 2 rings (SSSR count). The molecule has 0 aliphatic heterocycles. The Hall–Kier alpha value is -1.74. The van der Waals surface area contributed by atoms with Gasteiger partial charge in [0, 0.05) is 18.0 Å². The Kier molecular flexibility index (Phi) is 2.74. The highest BCUT2D eigenvalue weighted by atomic mass is 19.1. The van der Waals surface area contributed by atoms with Crippen LogP contribution in [0.5, 0.6) is 0 Å². The van der Waals surface area contributed by atoms with Gasteiger partial charge in [-0.1, -0.05) is 12.1 Å². The van der Waals surface area contributed by atoms with Crippen LogP contribution in [0.25, 0.3) is 11.1 Å². The molecule has 0 amide bonds. The number of benzene rings is 1. The summed E-state index contributed by atoms with van der Waals surface area (Å²) in [6.45, 7) is -0.179. The van der Waals surface area contributed by atoms with Gasteiger partial charge in [-0.2, -0.15) is 0 Å². The van der Waals surface area contributed by atoms with Crippen LogP contribution < -0.4 is 0 Å². The van der Waals surface area contributed by atoms with Crippen LogP contribution in [0.4, 0.5) is 4.39 Å².